The lowest BCUT2D eigenvalue weighted by Crippen LogP contribution is -2.33. The Kier molecular flexibility index (Phi) is 4.64. The summed E-state index contributed by atoms with van der Waals surface area (Å²) in [7, 11) is 2.11. The normalized spacial score (nSPS) is 25.0. The van der Waals surface area contributed by atoms with Crippen LogP contribution in [-0.4, -0.2) is 40.1 Å². The van der Waals surface area contributed by atoms with Crippen molar-refractivity contribution in [3.8, 4) is 0 Å². The van der Waals surface area contributed by atoms with Gasteiger partial charge in [-0.3, -0.25) is 4.90 Å². The minimum Gasteiger partial charge on any atom is -0.338 e. The van der Waals surface area contributed by atoms with Crippen LogP contribution in [0.2, 0.25) is 0 Å². The van der Waals surface area contributed by atoms with E-state index in [-0.39, 0.29) is 12.1 Å². The molecule has 0 spiro atoms. The number of hydrogen-bond donors (Lipinski definition) is 1. The van der Waals surface area contributed by atoms with E-state index in [1.54, 1.807) is 0 Å². The van der Waals surface area contributed by atoms with Gasteiger partial charge in [-0.25, -0.2) is 0 Å². The van der Waals surface area contributed by atoms with E-state index >= 15 is 0 Å². The lowest BCUT2D eigenvalue weighted by Gasteiger charge is -2.29. The van der Waals surface area contributed by atoms with Crippen LogP contribution in [-0.2, 0) is 0 Å². The highest BCUT2D eigenvalue weighted by Crippen LogP contribution is 2.28. The molecule has 0 saturated carbocycles. The van der Waals surface area contributed by atoms with Gasteiger partial charge < -0.3 is 10.3 Å². The monoisotopic (exact) mass is 270 g/mol. The highest BCUT2D eigenvalue weighted by Gasteiger charge is 2.27. The highest BCUT2D eigenvalue weighted by molar-refractivity contribution is 7.99. The maximum absolute atomic E-state index is 6.11. The van der Waals surface area contributed by atoms with Crippen molar-refractivity contribution in [1.82, 2.24) is 15.0 Å². The van der Waals surface area contributed by atoms with Crippen LogP contribution in [0.4, 0.5) is 0 Å². The lowest BCUT2D eigenvalue weighted by atomic mass is 10.0. The predicted octanol–water partition coefficient (Wildman–Crippen LogP) is 1.84. The minimum atomic E-state index is -0.155. The summed E-state index contributed by atoms with van der Waals surface area (Å²) in [5.74, 6) is 3.90. The molecule has 0 aromatic carbocycles. The van der Waals surface area contributed by atoms with Crippen LogP contribution in [0, 0.1) is 5.92 Å². The van der Waals surface area contributed by atoms with Gasteiger partial charge in [0.2, 0.25) is 5.89 Å². The van der Waals surface area contributed by atoms with Gasteiger partial charge in [0.1, 0.15) is 0 Å². The molecule has 2 heterocycles. The zero-order valence-corrected chi connectivity index (χ0v) is 12.1. The Morgan fingerprint density at radius 1 is 1.61 bits per heavy atom. The predicted molar refractivity (Wildman–Crippen MR) is 73.4 cm³/mol. The van der Waals surface area contributed by atoms with E-state index in [1.807, 2.05) is 11.8 Å². The molecular weight excluding hydrogens is 248 g/mol. The molecule has 0 radical (unpaired) electrons. The Morgan fingerprint density at radius 3 is 3.06 bits per heavy atom. The van der Waals surface area contributed by atoms with Gasteiger partial charge in [0.25, 0.3) is 0 Å². The molecular formula is C12H22N4OS. The van der Waals surface area contributed by atoms with Crippen LogP contribution in [0.15, 0.2) is 4.52 Å². The SMILES string of the molecule is CCC(C)[C@H](N)c1nc(C2CSCCN2C)no1. The summed E-state index contributed by atoms with van der Waals surface area (Å²) in [5.41, 5.74) is 6.11. The first kappa shape index (κ1) is 13.8. The van der Waals surface area contributed by atoms with Gasteiger partial charge in [-0.05, 0) is 13.0 Å². The molecule has 18 heavy (non-hydrogen) atoms. The molecule has 3 atom stereocenters. The highest BCUT2D eigenvalue weighted by atomic mass is 32.2. The first-order valence-corrected chi connectivity index (χ1v) is 7.66. The van der Waals surface area contributed by atoms with Crippen molar-refractivity contribution in [3.05, 3.63) is 11.7 Å². The van der Waals surface area contributed by atoms with Crippen molar-refractivity contribution >= 4 is 11.8 Å². The van der Waals surface area contributed by atoms with Crippen molar-refractivity contribution in [3.63, 3.8) is 0 Å². The molecule has 1 aliphatic heterocycles. The van der Waals surface area contributed by atoms with Crippen LogP contribution in [0.25, 0.3) is 0 Å². The maximum atomic E-state index is 6.11. The van der Waals surface area contributed by atoms with Crippen molar-refractivity contribution in [2.75, 3.05) is 25.1 Å². The van der Waals surface area contributed by atoms with E-state index < -0.39 is 0 Å². The molecule has 6 heteroatoms. The lowest BCUT2D eigenvalue weighted by molar-refractivity contribution is 0.254. The second-order valence-corrected chi connectivity index (χ2v) is 6.12. The second kappa shape index (κ2) is 6.04. The first-order chi connectivity index (χ1) is 8.63. The summed E-state index contributed by atoms with van der Waals surface area (Å²) in [6.45, 7) is 5.29. The molecule has 1 aromatic rings. The number of thioether (sulfide) groups is 1. The second-order valence-electron chi connectivity index (χ2n) is 4.97. The maximum Gasteiger partial charge on any atom is 0.243 e. The van der Waals surface area contributed by atoms with Crippen LogP contribution in [0.5, 0.6) is 0 Å². The Labute approximate surface area is 112 Å². The fourth-order valence-corrected chi connectivity index (χ4v) is 3.18. The number of rotatable bonds is 4. The van der Waals surface area contributed by atoms with Crippen molar-refractivity contribution < 1.29 is 4.52 Å². The third-order valence-corrected chi connectivity index (χ3v) is 4.72. The standard InChI is InChI=1S/C12H22N4OS/c1-4-8(2)10(13)12-14-11(15-17-12)9-7-18-6-5-16(9)3/h8-10H,4-7,13H2,1-3H3/t8?,9?,10-/m0/s1. The van der Waals surface area contributed by atoms with E-state index in [1.165, 1.54) is 5.75 Å². The zero-order chi connectivity index (χ0) is 13.1. The summed E-state index contributed by atoms with van der Waals surface area (Å²) < 4.78 is 5.33. The van der Waals surface area contributed by atoms with Gasteiger partial charge in [0, 0.05) is 18.1 Å². The van der Waals surface area contributed by atoms with Crippen LogP contribution in [0.3, 0.4) is 0 Å². The molecule has 2 unspecified atom stereocenters. The molecule has 0 aliphatic carbocycles. The molecule has 5 nitrogen and oxygen atoms in total. The summed E-state index contributed by atoms with van der Waals surface area (Å²) in [6, 6.07) is 0.100. The van der Waals surface area contributed by atoms with Crippen molar-refractivity contribution in [2.24, 2.45) is 11.7 Å². The number of nitrogens with two attached hydrogens (primary N) is 1. The molecule has 2 rings (SSSR count). The Balaban J connectivity index is 2.09. The summed E-state index contributed by atoms with van der Waals surface area (Å²) in [4.78, 5) is 6.77. The largest absolute Gasteiger partial charge is 0.338 e. The average Bonchev–Trinajstić information content (AvgIpc) is 2.87. The van der Waals surface area contributed by atoms with Gasteiger partial charge in [-0.2, -0.15) is 16.7 Å². The Hall–Kier alpha value is -0.590. The average molecular weight is 270 g/mol. The van der Waals surface area contributed by atoms with Gasteiger partial charge in [-0.1, -0.05) is 25.4 Å². The summed E-state index contributed by atoms with van der Waals surface area (Å²) >= 11 is 1.94. The van der Waals surface area contributed by atoms with E-state index in [2.05, 4.69) is 35.9 Å². The van der Waals surface area contributed by atoms with Crippen LogP contribution < -0.4 is 5.73 Å². The molecule has 1 saturated heterocycles. The molecule has 0 amide bonds. The fourth-order valence-electron chi connectivity index (χ4n) is 1.97. The summed E-state index contributed by atoms with van der Waals surface area (Å²) in [5, 5.41) is 4.11. The van der Waals surface area contributed by atoms with Crippen molar-refractivity contribution in [1.29, 1.82) is 0 Å². The molecule has 1 aliphatic rings. The number of aromatic nitrogens is 2. The molecule has 102 valence electrons. The van der Waals surface area contributed by atoms with Crippen LogP contribution in [0.1, 0.15) is 44.1 Å². The van der Waals surface area contributed by atoms with Crippen molar-refractivity contribution in [2.45, 2.75) is 32.4 Å². The van der Waals surface area contributed by atoms with E-state index in [0.717, 1.165) is 24.5 Å². The topological polar surface area (TPSA) is 68.2 Å². The molecule has 1 aromatic heterocycles. The number of hydrogen-bond acceptors (Lipinski definition) is 6. The molecule has 0 bridgehead atoms. The van der Waals surface area contributed by atoms with Gasteiger partial charge >= 0.3 is 0 Å². The van der Waals surface area contributed by atoms with E-state index in [9.17, 15) is 0 Å². The first-order valence-electron chi connectivity index (χ1n) is 6.50. The quantitative estimate of drug-likeness (QED) is 0.900. The Morgan fingerprint density at radius 2 is 2.39 bits per heavy atom. The fraction of sp³-hybridized carbons (Fsp3) is 0.833. The van der Waals surface area contributed by atoms with Crippen LogP contribution >= 0.6 is 11.8 Å². The number of nitrogens with zero attached hydrogens (tertiary/aromatic N) is 3. The third-order valence-electron chi connectivity index (χ3n) is 3.69. The van der Waals surface area contributed by atoms with E-state index in [4.69, 9.17) is 10.3 Å². The third kappa shape index (κ3) is 2.87. The smallest absolute Gasteiger partial charge is 0.243 e. The summed E-state index contributed by atoms with van der Waals surface area (Å²) in [6.07, 6.45) is 1.01. The van der Waals surface area contributed by atoms with E-state index in [0.29, 0.717) is 11.8 Å². The Bertz CT molecular complexity index is 384. The van der Waals surface area contributed by atoms with Gasteiger partial charge in [-0.15, -0.1) is 0 Å². The molecule has 2 N–H and O–H groups in total. The van der Waals surface area contributed by atoms with Gasteiger partial charge in [0.15, 0.2) is 5.82 Å². The zero-order valence-electron chi connectivity index (χ0n) is 11.3. The minimum absolute atomic E-state index is 0.155. The van der Waals surface area contributed by atoms with Gasteiger partial charge in [0.05, 0.1) is 12.1 Å². The molecule has 1 fully saturated rings.